The zero-order valence-corrected chi connectivity index (χ0v) is 12.7. The molecule has 4 atom stereocenters. The summed E-state index contributed by atoms with van der Waals surface area (Å²) < 4.78 is 5.61. The highest BCUT2D eigenvalue weighted by Gasteiger charge is 2.37. The van der Waals surface area contributed by atoms with E-state index in [1.807, 2.05) is 7.11 Å². The van der Waals surface area contributed by atoms with Crippen LogP contribution in [0.3, 0.4) is 0 Å². The summed E-state index contributed by atoms with van der Waals surface area (Å²) in [5.74, 6) is 1.95. The van der Waals surface area contributed by atoms with Crippen LogP contribution in [-0.4, -0.2) is 62.3 Å². The third-order valence-corrected chi connectivity index (χ3v) is 5.92. The van der Waals surface area contributed by atoms with Crippen LogP contribution in [0.4, 0.5) is 0 Å². The number of ether oxygens (including phenoxy) is 1. The SMILES string of the molecule is COC1CCC2CCC(N3CCN(C)CC3)CC2C1. The number of piperazine rings is 1. The van der Waals surface area contributed by atoms with Gasteiger partial charge in [0.25, 0.3) is 0 Å². The Morgan fingerprint density at radius 2 is 1.58 bits per heavy atom. The van der Waals surface area contributed by atoms with E-state index < -0.39 is 0 Å². The second-order valence-corrected chi connectivity index (χ2v) is 7.00. The standard InChI is InChI=1S/C16H30N2O/c1-17-7-9-18(10-8-17)15-5-3-13-4-6-16(19-2)12-14(13)11-15/h13-16H,3-12H2,1-2H3. The van der Waals surface area contributed by atoms with E-state index in [4.69, 9.17) is 4.74 Å². The minimum Gasteiger partial charge on any atom is -0.381 e. The highest BCUT2D eigenvalue weighted by Crippen LogP contribution is 2.42. The molecular weight excluding hydrogens is 236 g/mol. The lowest BCUT2D eigenvalue weighted by molar-refractivity contribution is -0.0103. The number of rotatable bonds is 2. The van der Waals surface area contributed by atoms with Gasteiger partial charge in [-0.15, -0.1) is 0 Å². The fraction of sp³-hybridized carbons (Fsp3) is 1.00. The van der Waals surface area contributed by atoms with Crippen molar-refractivity contribution in [2.75, 3.05) is 40.3 Å². The van der Waals surface area contributed by atoms with Gasteiger partial charge in [-0.2, -0.15) is 0 Å². The maximum atomic E-state index is 5.61. The normalized spacial score (nSPS) is 42.0. The molecular formula is C16H30N2O. The number of methoxy groups -OCH3 is 1. The molecule has 110 valence electrons. The minimum absolute atomic E-state index is 0.549. The van der Waals surface area contributed by atoms with E-state index >= 15 is 0 Å². The fourth-order valence-electron chi connectivity index (χ4n) is 4.56. The topological polar surface area (TPSA) is 15.7 Å². The van der Waals surface area contributed by atoms with Gasteiger partial charge in [0.05, 0.1) is 6.10 Å². The molecule has 19 heavy (non-hydrogen) atoms. The average Bonchev–Trinajstić information content (AvgIpc) is 2.47. The summed E-state index contributed by atoms with van der Waals surface area (Å²) in [5, 5.41) is 0. The molecule has 3 rings (SSSR count). The van der Waals surface area contributed by atoms with Gasteiger partial charge in [-0.25, -0.2) is 0 Å². The Kier molecular flexibility index (Phi) is 4.45. The van der Waals surface area contributed by atoms with Gasteiger partial charge in [0, 0.05) is 39.3 Å². The number of fused-ring (bicyclic) bond motifs is 1. The maximum absolute atomic E-state index is 5.61. The largest absolute Gasteiger partial charge is 0.381 e. The van der Waals surface area contributed by atoms with E-state index in [0.29, 0.717) is 6.10 Å². The summed E-state index contributed by atoms with van der Waals surface area (Å²) in [4.78, 5) is 5.23. The van der Waals surface area contributed by atoms with Crippen molar-refractivity contribution in [3.05, 3.63) is 0 Å². The molecule has 3 aliphatic rings. The van der Waals surface area contributed by atoms with Gasteiger partial charge in [0.1, 0.15) is 0 Å². The summed E-state index contributed by atoms with van der Waals surface area (Å²) in [6.45, 7) is 5.08. The zero-order valence-electron chi connectivity index (χ0n) is 12.7. The quantitative estimate of drug-likeness (QED) is 0.762. The molecule has 1 heterocycles. The van der Waals surface area contributed by atoms with Crippen LogP contribution < -0.4 is 0 Å². The maximum Gasteiger partial charge on any atom is 0.0574 e. The minimum atomic E-state index is 0.549. The lowest BCUT2D eigenvalue weighted by atomic mass is 9.68. The molecule has 0 radical (unpaired) electrons. The second kappa shape index (κ2) is 6.11. The molecule has 3 fully saturated rings. The van der Waals surface area contributed by atoms with Gasteiger partial charge < -0.3 is 9.64 Å². The Morgan fingerprint density at radius 1 is 0.842 bits per heavy atom. The van der Waals surface area contributed by atoms with Crippen molar-refractivity contribution in [1.29, 1.82) is 0 Å². The summed E-state index contributed by atoms with van der Waals surface area (Å²) in [6.07, 6.45) is 8.95. The molecule has 0 aromatic carbocycles. The Bertz CT molecular complexity index is 288. The van der Waals surface area contributed by atoms with Crippen molar-refractivity contribution in [1.82, 2.24) is 9.80 Å². The van der Waals surface area contributed by atoms with Gasteiger partial charge >= 0.3 is 0 Å². The molecule has 4 unspecified atom stereocenters. The molecule has 0 bridgehead atoms. The van der Waals surface area contributed by atoms with Gasteiger partial charge in [0.2, 0.25) is 0 Å². The molecule has 3 heteroatoms. The fourth-order valence-corrected chi connectivity index (χ4v) is 4.56. The van der Waals surface area contributed by atoms with Crippen molar-refractivity contribution < 1.29 is 4.74 Å². The van der Waals surface area contributed by atoms with Crippen LogP contribution in [0.2, 0.25) is 0 Å². The molecule has 0 aromatic heterocycles. The zero-order chi connectivity index (χ0) is 13.2. The Morgan fingerprint density at radius 3 is 2.32 bits per heavy atom. The molecule has 1 saturated heterocycles. The van der Waals surface area contributed by atoms with Crippen LogP contribution in [0.15, 0.2) is 0 Å². The highest BCUT2D eigenvalue weighted by molar-refractivity contribution is 4.90. The number of likely N-dealkylation sites (N-methyl/N-ethyl adjacent to an activating group) is 1. The van der Waals surface area contributed by atoms with E-state index in [-0.39, 0.29) is 0 Å². The van der Waals surface area contributed by atoms with E-state index in [1.54, 1.807) is 0 Å². The van der Waals surface area contributed by atoms with Crippen LogP contribution in [0.1, 0.15) is 38.5 Å². The smallest absolute Gasteiger partial charge is 0.0574 e. The first kappa shape index (κ1) is 13.8. The lowest BCUT2D eigenvalue weighted by Gasteiger charge is -2.46. The lowest BCUT2D eigenvalue weighted by Crippen LogP contribution is -2.51. The van der Waals surface area contributed by atoms with E-state index in [9.17, 15) is 0 Å². The summed E-state index contributed by atoms with van der Waals surface area (Å²) in [7, 11) is 4.14. The molecule has 2 aliphatic carbocycles. The number of hydrogen-bond acceptors (Lipinski definition) is 3. The van der Waals surface area contributed by atoms with Crippen LogP contribution in [0, 0.1) is 11.8 Å². The highest BCUT2D eigenvalue weighted by atomic mass is 16.5. The first-order valence-corrected chi connectivity index (χ1v) is 8.21. The predicted octanol–water partition coefficient (Wildman–Crippen LogP) is 2.22. The third kappa shape index (κ3) is 3.14. The molecule has 0 aromatic rings. The second-order valence-electron chi connectivity index (χ2n) is 7.00. The van der Waals surface area contributed by atoms with Crippen molar-refractivity contribution >= 4 is 0 Å². The molecule has 0 amide bonds. The van der Waals surface area contributed by atoms with Gasteiger partial charge in [-0.1, -0.05) is 0 Å². The predicted molar refractivity (Wildman–Crippen MR) is 78.3 cm³/mol. The van der Waals surface area contributed by atoms with Crippen LogP contribution >= 0.6 is 0 Å². The molecule has 0 spiro atoms. The van der Waals surface area contributed by atoms with Crippen LogP contribution in [0.5, 0.6) is 0 Å². The van der Waals surface area contributed by atoms with Crippen molar-refractivity contribution in [3.63, 3.8) is 0 Å². The monoisotopic (exact) mass is 266 g/mol. The van der Waals surface area contributed by atoms with Gasteiger partial charge in [-0.3, -0.25) is 4.90 Å². The average molecular weight is 266 g/mol. The van der Waals surface area contributed by atoms with Gasteiger partial charge in [0.15, 0.2) is 0 Å². The molecule has 2 saturated carbocycles. The van der Waals surface area contributed by atoms with E-state index in [2.05, 4.69) is 16.8 Å². The van der Waals surface area contributed by atoms with E-state index in [1.165, 1.54) is 64.7 Å². The van der Waals surface area contributed by atoms with E-state index in [0.717, 1.165) is 17.9 Å². The molecule has 1 aliphatic heterocycles. The van der Waals surface area contributed by atoms with Crippen molar-refractivity contribution in [2.45, 2.75) is 50.7 Å². The Balaban J connectivity index is 1.55. The first-order valence-electron chi connectivity index (χ1n) is 8.21. The van der Waals surface area contributed by atoms with Crippen LogP contribution in [-0.2, 0) is 4.74 Å². The molecule has 3 nitrogen and oxygen atoms in total. The number of nitrogens with zero attached hydrogens (tertiary/aromatic N) is 2. The molecule has 0 N–H and O–H groups in total. The van der Waals surface area contributed by atoms with Crippen molar-refractivity contribution in [2.24, 2.45) is 11.8 Å². The van der Waals surface area contributed by atoms with Crippen LogP contribution in [0.25, 0.3) is 0 Å². The summed E-state index contributed by atoms with van der Waals surface area (Å²) in [5.41, 5.74) is 0. The van der Waals surface area contributed by atoms with Gasteiger partial charge in [-0.05, 0) is 57.4 Å². The number of hydrogen-bond donors (Lipinski definition) is 0. The summed E-state index contributed by atoms with van der Waals surface area (Å²) >= 11 is 0. The van der Waals surface area contributed by atoms with Crippen molar-refractivity contribution in [3.8, 4) is 0 Å². The Labute approximate surface area is 118 Å². The first-order chi connectivity index (χ1) is 9.26. The Hall–Kier alpha value is -0.120. The summed E-state index contributed by atoms with van der Waals surface area (Å²) in [6, 6.07) is 0.866. The third-order valence-electron chi connectivity index (χ3n) is 5.92.